The number of rotatable bonds is 4. The minimum absolute atomic E-state index is 0.0255. The highest BCUT2D eigenvalue weighted by atomic mass is 32.1. The van der Waals surface area contributed by atoms with Crippen LogP contribution in [0, 0.1) is 27.2 Å². The van der Waals surface area contributed by atoms with Crippen molar-refractivity contribution in [3.05, 3.63) is 68.3 Å². The van der Waals surface area contributed by atoms with Crippen LogP contribution in [0.1, 0.15) is 5.56 Å². The van der Waals surface area contributed by atoms with Crippen molar-refractivity contribution in [2.45, 2.75) is 6.92 Å². The molecule has 0 unspecified atom stereocenters. The zero-order valence-electron chi connectivity index (χ0n) is 12.4. The van der Waals surface area contributed by atoms with Gasteiger partial charge in [-0.05, 0) is 30.0 Å². The van der Waals surface area contributed by atoms with Gasteiger partial charge in [-0.25, -0.2) is 0 Å². The maximum Gasteiger partial charge on any atom is 0.303 e. The number of fused-ring (bicyclic) bond motifs is 1. The van der Waals surface area contributed by atoms with Crippen molar-refractivity contribution in [3.8, 4) is 0 Å². The summed E-state index contributed by atoms with van der Waals surface area (Å²) in [6.45, 7) is 1.90. The molecule has 24 heavy (non-hydrogen) atoms. The van der Waals surface area contributed by atoms with Crippen molar-refractivity contribution in [3.63, 3.8) is 0 Å². The molecule has 8 nitrogen and oxygen atoms in total. The van der Waals surface area contributed by atoms with Gasteiger partial charge < -0.3 is 0 Å². The second kappa shape index (κ2) is 6.13. The normalized spacial score (nSPS) is 11.2. The van der Waals surface area contributed by atoms with Gasteiger partial charge in [-0.1, -0.05) is 18.2 Å². The Bertz CT molecular complexity index is 996. The number of hydrogen-bond donors (Lipinski definition) is 0. The number of nitro benzene ring substituents is 2. The summed E-state index contributed by atoms with van der Waals surface area (Å²) in [6.07, 6.45) is 0. The molecule has 0 aliphatic heterocycles. The quantitative estimate of drug-likeness (QED) is 0.357. The third kappa shape index (κ3) is 2.84. The maximum absolute atomic E-state index is 11.1. The molecule has 0 radical (unpaired) electrons. The van der Waals surface area contributed by atoms with Gasteiger partial charge in [0, 0.05) is 10.8 Å². The molecule has 120 valence electrons. The Morgan fingerprint density at radius 1 is 1.00 bits per heavy atom. The molecule has 9 heteroatoms. The van der Waals surface area contributed by atoms with E-state index in [4.69, 9.17) is 0 Å². The number of aryl methyl sites for hydroxylation is 1. The lowest BCUT2D eigenvalue weighted by Crippen LogP contribution is -1.92. The molecule has 1 aromatic heterocycles. The molecule has 0 amide bonds. The van der Waals surface area contributed by atoms with Gasteiger partial charge in [-0.3, -0.25) is 20.2 Å². The van der Waals surface area contributed by atoms with Crippen molar-refractivity contribution in [1.82, 2.24) is 0 Å². The van der Waals surface area contributed by atoms with Crippen LogP contribution in [0.3, 0.4) is 0 Å². The molecule has 0 spiro atoms. The minimum Gasteiger partial charge on any atom is -0.258 e. The number of non-ortho nitro benzene ring substituents is 1. The van der Waals surface area contributed by atoms with Gasteiger partial charge in [0.1, 0.15) is 5.00 Å². The lowest BCUT2D eigenvalue weighted by atomic mass is 10.2. The van der Waals surface area contributed by atoms with Crippen molar-refractivity contribution in [2.75, 3.05) is 0 Å². The molecule has 0 aliphatic rings. The molecule has 0 saturated heterocycles. The minimum atomic E-state index is -0.709. The monoisotopic (exact) mass is 342 g/mol. The Hall–Kier alpha value is -3.20. The predicted octanol–water partition coefficient (Wildman–Crippen LogP) is 5.44. The molecule has 3 aromatic rings. The van der Waals surface area contributed by atoms with E-state index in [0.717, 1.165) is 21.7 Å². The van der Waals surface area contributed by atoms with E-state index < -0.39 is 15.5 Å². The van der Waals surface area contributed by atoms with E-state index in [1.54, 1.807) is 0 Å². The van der Waals surface area contributed by atoms with Gasteiger partial charge in [0.2, 0.25) is 0 Å². The fraction of sp³-hybridized carbons (Fsp3) is 0.0667. The number of nitrogens with zero attached hydrogens (tertiary/aromatic N) is 4. The van der Waals surface area contributed by atoms with Gasteiger partial charge in [0.25, 0.3) is 5.69 Å². The summed E-state index contributed by atoms with van der Waals surface area (Å²) in [4.78, 5) is 20.4. The lowest BCUT2D eigenvalue weighted by Gasteiger charge is -1.97. The number of thiophene rings is 1. The second-order valence-electron chi connectivity index (χ2n) is 4.92. The average molecular weight is 342 g/mol. The number of benzene rings is 2. The molecular formula is C15H10N4O4S. The third-order valence-electron chi connectivity index (χ3n) is 3.43. The number of hydrogen-bond acceptors (Lipinski definition) is 7. The summed E-state index contributed by atoms with van der Waals surface area (Å²) in [5.74, 6) is 0. The second-order valence-corrected chi connectivity index (χ2v) is 5.95. The number of nitro groups is 2. The van der Waals surface area contributed by atoms with Crippen LogP contribution < -0.4 is 0 Å². The van der Waals surface area contributed by atoms with E-state index in [9.17, 15) is 20.2 Å². The molecule has 1 heterocycles. The highest BCUT2D eigenvalue weighted by Crippen LogP contribution is 2.39. The van der Waals surface area contributed by atoms with Crippen LogP contribution in [0.2, 0.25) is 0 Å². The Morgan fingerprint density at radius 3 is 2.42 bits per heavy atom. The first kappa shape index (κ1) is 15.7. The topological polar surface area (TPSA) is 111 Å². The van der Waals surface area contributed by atoms with Crippen molar-refractivity contribution in [2.24, 2.45) is 10.2 Å². The average Bonchev–Trinajstić information content (AvgIpc) is 2.89. The predicted molar refractivity (Wildman–Crippen MR) is 90.5 cm³/mol. The summed E-state index contributed by atoms with van der Waals surface area (Å²) >= 11 is 1.43. The van der Waals surface area contributed by atoms with E-state index in [-0.39, 0.29) is 11.4 Å². The Labute approximate surface area is 139 Å². The largest absolute Gasteiger partial charge is 0.303 e. The number of azo groups is 1. The first-order chi connectivity index (χ1) is 11.5. The van der Waals surface area contributed by atoms with Crippen LogP contribution in [-0.2, 0) is 0 Å². The molecule has 0 aliphatic carbocycles. The lowest BCUT2D eigenvalue weighted by molar-refractivity contribution is -0.393. The molecule has 3 rings (SSSR count). The standard InChI is InChI=1S/C15H10N4O4S/c1-9-11-4-2-3-5-14(11)24-15(9)17-16-12-7-6-10(18(20)21)8-13(12)19(22)23/h2-8H,1H3. The summed E-state index contributed by atoms with van der Waals surface area (Å²) in [5.41, 5.74) is 0.0942. The molecule has 0 bridgehead atoms. The summed E-state index contributed by atoms with van der Waals surface area (Å²) in [7, 11) is 0. The van der Waals surface area contributed by atoms with Crippen LogP contribution in [0.15, 0.2) is 52.7 Å². The summed E-state index contributed by atoms with van der Waals surface area (Å²) < 4.78 is 1.04. The molecule has 2 aromatic carbocycles. The summed E-state index contributed by atoms with van der Waals surface area (Å²) in [6, 6.07) is 11.0. The molecular weight excluding hydrogens is 332 g/mol. The fourth-order valence-corrected chi connectivity index (χ4v) is 3.24. The first-order valence-electron chi connectivity index (χ1n) is 6.80. The smallest absolute Gasteiger partial charge is 0.258 e. The van der Waals surface area contributed by atoms with Gasteiger partial charge in [-0.2, -0.15) is 0 Å². The van der Waals surface area contributed by atoms with Crippen LogP contribution in [-0.4, -0.2) is 9.85 Å². The van der Waals surface area contributed by atoms with Gasteiger partial charge in [-0.15, -0.1) is 21.6 Å². The van der Waals surface area contributed by atoms with Crippen molar-refractivity contribution < 1.29 is 9.85 Å². The van der Waals surface area contributed by atoms with Gasteiger partial charge in [0.05, 0.1) is 15.9 Å². The molecule has 0 N–H and O–H groups in total. The molecule has 0 atom stereocenters. The zero-order chi connectivity index (χ0) is 17.3. The summed E-state index contributed by atoms with van der Waals surface area (Å²) in [5, 5.41) is 31.6. The molecule has 0 fully saturated rings. The fourth-order valence-electron chi connectivity index (χ4n) is 2.21. The van der Waals surface area contributed by atoms with Gasteiger partial charge in [0.15, 0.2) is 5.69 Å². The molecule has 0 saturated carbocycles. The van der Waals surface area contributed by atoms with Gasteiger partial charge >= 0.3 is 5.69 Å². The first-order valence-corrected chi connectivity index (χ1v) is 7.61. The Morgan fingerprint density at radius 2 is 1.75 bits per heavy atom. The third-order valence-corrected chi connectivity index (χ3v) is 4.59. The Balaban J connectivity index is 2.03. The van der Waals surface area contributed by atoms with E-state index in [1.807, 2.05) is 31.2 Å². The van der Waals surface area contributed by atoms with E-state index in [2.05, 4.69) is 10.2 Å². The zero-order valence-corrected chi connectivity index (χ0v) is 13.2. The van der Waals surface area contributed by atoms with Crippen molar-refractivity contribution >= 4 is 43.5 Å². The maximum atomic E-state index is 11.1. The van der Waals surface area contributed by atoms with Crippen LogP contribution in [0.4, 0.5) is 22.1 Å². The van der Waals surface area contributed by atoms with Crippen molar-refractivity contribution in [1.29, 1.82) is 0 Å². The van der Waals surface area contributed by atoms with Crippen LogP contribution in [0.5, 0.6) is 0 Å². The Kier molecular flexibility index (Phi) is 4.00. The SMILES string of the molecule is Cc1c(N=Nc2ccc([N+](=O)[O-])cc2[N+](=O)[O-])sc2ccccc12. The highest BCUT2D eigenvalue weighted by molar-refractivity contribution is 7.22. The highest BCUT2D eigenvalue weighted by Gasteiger charge is 2.19. The van der Waals surface area contributed by atoms with Crippen LogP contribution in [0.25, 0.3) is 10.1 Å². The van der Waals surface area contributed by atoms with E-state index in [0.29, 0.717) is 5.00 Å². The van der Waals surface area contributed by atoms with E-state index >= 15 is 0 Å². The van der Waals surface area contributed by atoms with E-state index in [1.165, 1.54) is 23.5 Å². The van der Waals surface area contributed by atoms with Crippen LogP contribution >= 0.6 is 11.3 Å².